The SMILES string of the molecule is CCNC(c1cccc(F)c1)c1cc(F)ccc1F. The van der Waals surface area contributed by atoms with E-state index in [1.165, 1.54) is 12.1 Å². The minimum absolute atomic E-state index is 0.174. The molecule has 0 radical (unpaired) electrons. The lowest BCUT2D eigenvalue weighted by Crippen LogP contribution is -2.23. The van der Waals surface area contributed by atoms with Gasteiger partial charge in [0.05, 0.1) is 6.04 Å². The molecular formula is C15H14F3N. The number of halogens is 3. The zero-order valence-electron chi connectivity index (χ0n) is 10.5. The van der Waals surface area contributed by atoms with E-state index in [4.69, 9.17) is 0 Å². The van der Waals surface area contributed by atoms with Crippen molar-refractivity contribution in [3.63, 3.8) is 0 Å². The first-order valence-electron chi connectivity index (χ1n) is 6.05. The van der Waals surface area contributed by atoms with Gasteiger partial charge in [0.1, 0.15) is 17.5 Å². The van der Waals surface area contributed by atoms with E-state index in [2.05, 4.69) is 5.32 Å². The maximum absolute atomic E-state index is 13.8. The second-order valence-corrected chi connectivity index (χ2v) is 4.21. The molecule has 0 saturated carbocycles. The van der Waals surface area contributed by atoms with Crippen LogP contribution in [0.3, 0.4) is 0 Å². The highest BCUT2D eigenvalue weighted by Gasteiger charge is 2.18. The molecule has 0 bridgehead atoms. The molecule has 0 aliphatic rings. The summed E-state index contributed by atoms with van der Waals surface area (Å²) >= 11 is 0. The lowest BCUT2D eigenvalue weighted by Gasteiger charge is -2.19. The second kappa shape index (κ2) is 5.89. The summed E-state index contributed by atoms with van der Waals surface area (Å²) in [5.41, 5.74) is 0.735. The summed E-state index contributed by atoms with van der Waals surface area (Å²) in [5.74, 6) is -1.44. The summed E-state index contributed by atoms with van der Waals surface area (Å²) < 4.78 is 40.4. The van der Waals surface area contributed by atoms with Crippen LogP contribution in [-0.2, 0) is 0 Å². The fraction of sp³-hybridized carbons (Fsp3) is 0.200. The van der Waals surface area contributed by atoms with Gasteiger partial charge in [-0.1, -0.05) is 19.1 Å². The Labute approximate surface area is 110 Å². The molecule has 4 heteroatoms. The fourth-order valence-electron chi connectivity index (χ4n) is 2.03. The average molecular weight is 265 g/mol. The largest absolute Gasteiger partial charge is 0.306 e. The molecule has 1 nitrogen and oxygen atoms in total. The van der Waals surface area contributed by atoms with E-state index in [1.54, 1.807) is 12.1 Å². The highest BCUT2D eigenvalue weighted by molar-refractivity contribution is 5.33. The number of nitrogens with one attached hydrogen (secondary N) is 1. The van der Waals surface area contributed by atoms with Crippen molar-refractivity contribution in [2.45, 2.75) is 13.0 Å². The van der Waals surface area contributed by atoms with Crippen LogP contribution >= 0.6 is 0 Å². The summed E-state index contributed by atoms with van der Waals surface area (Å²) in [4.78, 5) is 0. The predicted octanol–water partition coefficient (Wildman–Crippen LogP) is 3.80. The van der Waals surface area contributed by atoms with E-state index < -0.39 is 23.5 Å². The highest BCUT2D eigenvalue weighted by atomic mass is 19.1. The second-order valence-electron chi connectivity index (χ2n) is 4.21. The van der Waals surface area contributed by atoms with Gasteiger partial charge in [-0.15, -0.1) is 0 Å². The van der Waals surface area contributed by atoms with E-state index >= 15 is 0 Å². The summed E-state index contributed by atoms with van der Waals surface area (Å²) in [6.07, 6.45) is 0. The van der Waals surface area contributed by atoms with Crippen molar-refractivity contribution in [3.05, 3.63) is 71.0 Å². The van der Waals surface area contributed by atoms with E-state index in [-0.39, 0.29) is 5.56 Å². The molecule has 1 atom stereocenters. The van der Waals surface area contributed by atoms with Crippen LogP contribution in [0.25, 0.3) is 0 Å². The Bertz CT molecular complexity index is 569. The predicted molar refractivity (Wildman–Crippen MR) is 68.3 cm³/mol. The molecule has 1 N–H and O–H groups in total. The molecule has 2 aromatic rings. The molecule has 0 saturated heterocycles. The van der Waals surface area contributed by atoms with Gasteiger partial charge in [0.25, 0.3) is 0 Å². The Morgan fingerprint density at radius 2 is 1.74 bits per heavy atom. The quantitative estimate of drug-likeness (QED) is 0.886. The van der Waals surface area contributed by atoms with Gasteiger partial charge >= 0.3 is 0 Å². The van der Waals surface area contributed by atoms with Crippen molar-refractivity contribution in [1.29, 1.82) is 0 Å². The number of benzene rings is 2. The van der Waals surface area contributed by atoms with Gasteiger partial charge in [-0.05, 0) is 42.4 Å². The zero-order valence-corrected chi connectivity index (χ0v) is 10.5. The Morgan fingerprint density at radius 3 is 2.42 bits per heavy atom. The molecule has 0 spiro atoms. The monoisotopic (exact) mass is 265 g/mol. The van der Waals surface area contributed by atoms with Gasteiger partial charge in [-0.3, -0.25) is 0 Å². The molecule has 0 aliphatic carbocycles. The molecule has 0 amide bonds. The molecule has 19 heavy (non-hydrogen) atoms. The van der Waals surface area contributed by atoms with E-state index in [1.807, 2.05) is 6.92 Å². The number of hydrogen-bond donors (Lipinski definition) is 1. The van der Waals surface area contributed by atoms with Crippen molar-refractivity contribution in [3.8, 4) is 0 Å². The van der Waals surface area contributed by atoms with Gasteiger partial charge in [-0.25, -0.2) is 13.2 Å². The van der Waals surface area contributed by atoms with Crippen LogP contribution in [0.1, 0.15) is 24.1 Å². The molecule has 2 aromatic carbocycles. The van der Waals surface area contributed by atoms with Crippen LogP contribution in [-0.4, -0.2) is 6.54 Å². The fourth-order valence-corrected chi connectivity index (χ4v) is 2.03. The van der Waals surface area contributed by atoms with Crippen LogP contribution in [0.15, 0.2) is 42.5 Å². The lowest BCUT2D eigenvalue weighted by atomic mass is 9.98. The van der Waals surface area contributed by atoms with Crippen LogP contribution in [0.5, 0.6) is 0 Å². The van der Waals surface area contributed by atoms with Crippen molar-refractivity contribution in [1.82, 2.24) is 5.32 Å². The number of rotatable bonds is 4. The normalized spacial score (nSPS) is 12.4. The molecule has 0 aromatic heterocycles. The third kappa shape index (κ3) is 3.15. The maximum atomic E-state index is 13.8. The molecule has 1 unspecified atom stereocenters. The standard InChI is InChI=1S/C15H14F3N/c1-2-19-15(10-4-3-5-11(16)8-10)13-9-12(17)6-7-14(13)18/h3-9,15,19H,2H2,1H3. The topological polar surface area (TPSA) is 12.0 Å². The van der Waals surface area contributed by atoms with Gasteiger partial charge in [0, 0.05) is 5.56 Å². The first-order chi connectivity index (χ1) is 9.11. The Hall–Kier alpha value is -1.81. The van der Waals surface area contributed by atoms with Crippen LogP contribution in [0.2, 0.25) is 0 Å². The first-order valence-corrected chi connectivity index (χ1v) is 6.05. The van der Waals surface area contributed by atoms with Crippen LogP contribution in [0, 0.1) is 17.5 Å². The Morgan fingerprint density at radius 1 is 1.00 bits per heavy atom. The van der Waals surface area contributed by atoms with E-state index in [0.29, 0.717) is 12.1 Å². The zero-order chi connectivity index (χ0) is 13.8. The summed E-state index contributed by atoms with van der Waals surface area (Å²) in [6, 6.07) is 8.56. The van der Waals surface area contributed by atoms with Crippen LogP contribution in [0.4, 0.5) is 13.2 Å². The van der Waals surface area contributed by atoms with Crippen molar-refractivity contribution < 1.29 is 13.2 Å². The minimum atomic E-state index is -0.573. The van der Waals surface area contributed by atoms with Gasteiger partial charge in [-0.2, -0.15) is 0 Å². The van der Waals surface area contributed by atoms with E-state index in [0.717, 1.165) is 18.2 Å². The highest BCUT2D eigenvalue weighted by Crippen LogP contribution is 2.25. The molecular weight excluding hydrogens is 251 g/mol. The third-order valence-corrected chi connectivity index (χ3v) is 2.86. The Kier molecular flexibility index (Phi) is 4.22. The smallest absolute Gasteiger partial charge is 0.128 e. The minimum Gasteiger partial charge on any atom is -0.306 e. The first kappa shape index (κ1) is 13.6. The number of hydrogen-bond acceptors (Lipinski definition) is 1. The molecule has 0 fully saturated rings. The summed E-state index contributed by atoms with van der Waals surface area (Å²) in [6.45, 7) is 2.40. The third-order valence-electron chi connectivity index (χ3n) is 2.86. The molecule has 2 rings (SSSR count). The molecule has 0 heterocycles. The van der Waals surface area contributed by atoms with Crippen molar-refractivity contribution >= 4 is 0 Å². The van der Waals surface area contributed by atoms with Crippen LogP contribution < -0.4 is 5.32 Å². The molecule has 100 valence electrons. The Balaban J connectivity index is 2.48. The van der Waals surface area contributed by atoms with E-state index in [9.17, 15) is 13.2 Å². The maximum Gasteiger partial charge on any atom is 0.128 e. The lowest BCUT2D eigenvalue weighted by molar-refractivity contribution is 0.542. The van der Waals surface area contributed by atoms with Gasteiger partial charge < -0.3 is 5.32 Å². The van der Waals surface area contributed by atoms with Crippen molar-refractivity contribution in [2.24, 2.45) is 0 Å². The van der Waals surface area contributed by atoms with Crippen molar-refractivity contribution in [2.75, 3.05) is 6.54 Å². The van der Waals surface area contributed by atoms with Gasteiger partial charge in [0.15, 0.2) is 0 Å². The summed E-state index contributed by atoms with van der Waals surface area (Å²) in [7, 11) is 0. The average Bonchev–Trinajstić information content (AvgIpc) is 2.39. The molecule has 0 aliphatic heterocycles. The summed E-state index contributed by atoms with van der Waals surface area (Å²) in [5, 5.41) is 3.04. The van der Waals surface area contributed by atoms with Gasteiger partial charge in [0.2, 0.25) is 0 Å².